The van der Waals surface area contributed by atoms with Gasteiger partial charge < -0.3 is 15.0 Å². The Morgan fingerprint density at radius 3 is 2.77 bits per heavy atom. The number of carbonyl (C=O) groups is 1. The number of ether oxygens (including phenoxy) is 1. The number of likely N-dealkylation sites (tertiary alicyclic amines) is 1. The van der Waals surface area contributed by atoms with Crippen LogP contribution in [0.4, 0.5) is 0 Å². The maximum Gasteiger partial charge on any atom is 0.220 e. The lowest BCUT2D eigenvalue weighted by Crippen LogP contribution is -2.36. The van der Waals surface area contributed by atoms with Gasteiger partial charge in [0.15, 0.2) is 0 Å². The third kappa shape index (κ3) is 5.60. The fourth-order valence-electron chi connectivity index (χ4n) is 4.38. The molecule has 0 radical (unpaired) electrons. The number of carbonyl (C=O) groups excluding carboxylic acids is 1. The Bertz CT molecular complexity index is 1020. The first-order valence-corrected chi connectivity index (χ1v) is 11.4. The number of rotatable bonds is 8. The van der Waals surface area contributed by atoms with Crippen molar-refractivity contribution in [2.75, 3.05) is 26.7 Å². The summed E-state index contributed by atoms with van der Waals surface area (Å²) in [7, 11) is 1.68. The van der Waals surface area contributed by atoms with Crippen LogP contribution in [-0.2, 0) is 17.8 Å². The number of aromatic nitrogens is 1. The topological polar surface area (TPSA) is 57.4 Å². The molecular weight excluding hydrogens is 410 g/mol. The zero-order valence-electron chi connectivity index (χ0n) is 18.0. The maximum atomic E-state index is 12.5. The zero-order chi connectivity index (χ0) is 21.6. The number of amides is 1. The van der Waals surface area contributed by atoms with Crippen molar-refractivity contribution in [2.24, 2.45) is 5.92 Å². The van der Waals surface area contributed by atoms with Gasteiger partial charge in [0.1, 0.15) is 5.75 Å². The summed E-state index contributed by atoms with van der Waals surface area (Å²) >= 11 is 6.29. The average molecular weight is 440 g/mol. The minimum absolute atomic E-state index is 0.155. The molecule has 1 amide bonds. The van der Waals surface area contributed by atoms with Crippen molar-refractivity contribution in [1.29, 1.82) is 0 Å². The average Bonchev–Trinajstić information content (AvgIpc) is 3.19. The van der Waals surface area contributed by atoms with Crippen LogP contribution >= 0.6 is 11.6 Å². The molecule has 0 bridgehead atoms. The van der Waals surface area contributed by atoms with Crippen LogP contribution in [-0.4, -0.2) is 42.5 Å². The van der Waals surface area contributed by atoms with Crippen molar-refractivity contribution in [2.45, 2.75) is 32.2 Å². The fourth-order valence-corrected chi connectivity index (χ4v) is 4.57. The molecule has 1 fully saturated rings. The van der Waals surface area contributed by atoms with Crippen molar-refractivity contribution < 1.29 is 9.53 Å². The van der Waals surface area contributed by atoms with Crippen molar-refractivity contribution >= 4 is 28.4 Å². The molecule has 0 aliphatic carbocycles. The molecular formula is C25H30ClN3O2. The van der Waals surface area contributed by atoms with Gasteiger partial charge in [-0.15, -0.1) is 0 Å². The Balaban J connectivity index is 1.19. The summed E-state index contributed by atoms with van der Waals surface area (Å²) in [5.41, 5.74) is 3.46. The lowest BCUT2D eigenvalue weighted by Gasteiger charge is -2.31. The Morgan fingerprint density at radius 1 is 1.19 bits per heavy atom. The molecule has 1 aliphatic rings. The molecule has 6 heteroatoms. The molecule has 2 N–H and O–H groups in total. The number of nitrogens with one attached hydrogen (secondary N) is 2. The maximum absolute atomic E-state index is 12.5. The Labute approximate surface area is 188 Å². The fraction of sp³-hybridized carbons (Fsp3) is 0.400. The summed E-state index contributed by atoms with van der Waals surface area (Å²) in [4.78, 5) is 18.2. The number of benzene rings is 2. The van der Waals surface area contributed by atoms with Gasteiger partial charge in [0.2, 0.25) is 5.91 Å². The smallest absolute Gasteiger partial charge is 0.220 e. The van der Waals surface area contributed by atoms with E-state index in [1.165, 1.54) is 11.1 Å². The molecule has 3 aromatic rings. The highest BCUT2D eigenvalue weighted by Crippen LogP contribution is 2.25. The lowest BCUT2D eigenvalue weighted by atomic mass is 9.93. The number of hydrogen-bond acceptors (Lipinski definition) is 3. The van der Waals surface area contributed by atoms with Gasteiger partial charge in [-0.2, -0.15) is 0 Å². The third-order valence-corrected chi connectivity index (χ3v) is 6.59. The number of aromatic amines is 1. The van der Waals surface area contributed by atoms with E-state index in [4.69, 9.17) is 16.3 Å². The Hall–Kier alpha value is -2.50. The van der Waals surface area contributed by atoms with Crippen LogP contribution in [0.2, 0.25) is 5.02 Å². The number of fused-ring (bicyclic) bond motifs is 1. The minimum atomic E-state index is 0.155. The van der Waals surface area contributed by atoms with Crippen LogP contribution in [0.3, 0.4) is 0 Å². The molecule has 31 heavy (non-hydrogen) atoms. The second kappa shape index (κ2) is 10.2. The van der Waals surface area contributed by atoms with Gasteiger partial charge in [0.25, 0.3) is 0 Å². The quantitative estimate of drug-likeness (QED) is 0.530. The van der Waals surface area contributed by atoms with Gasteiger partial charge in [-0.25, -0.2) is 0 Å². The number of nitrogens with zero attached hydrogens (tertiary/aromatic N) is 1. The van der Waals surface area contributed by atoms with Crippen molar-refractivity contribution in [1.82, 2.24) is 15.2 Å². The predicted molar refractivity (Wildman–Crippen MR) is 126 cm³/mol. The molecule has 5 nitrogen and oxygen atoms in total. The van der Waals surface area contributed by atoms with Gasteiger partial charge in [-0.3, -0.25) is 9.69 Å². The van der Waals surface area contributed by atoms with Gasteiger partial charge in [-0.1, -0.05) is 29.8 Å². The van der Waals surface area contributed by atoms with Gasteiger partial charge in [-0.05, 0) is 73.7 Å². The number of H-pyrrole nitrogens is 1. The van der Waals surface area contributed by atoms with Crippen LogP contribution in [0.25, 0.3) is 10.9 Å². The second-order valence-corrected chi connectivity index (χ2v) is 8.75. The standard InChI is InChI=1S/C25H30ClN3O2/c1-31-21-6-7-24-22(15-21)19(16-28-24)8-11-27-25(30)14-18-9-12-29(13-10-18)17-20-4-2-3-5-23(20)26/h2-7,15-16,18,28H,8-14,17H2,1H3,(H,27,30). The van der Waals surface area contributed by atoms with E-state index in [1.54, 1.807) is 7.11 Å². The molecule has 1 aromatic heterocycles. The number of halogens is 1. The summed E-state index contributed by atoms with van der Waals surface area (Å²) in [6.45, 7) is 3.56. The Morgan fingerprint density at radius 2 is 2.00 bits per heavy atom. The zero-order valence-corrected chi connectivity index (χ0v) is 18.8. The highest BCUT2D eigenvalue weighted by atomic mass is 35.5. The normalized spacial score (nSPS) is 15.3. The van der Waals surface area contributed by atoms with Crippen molar-refractivity contribution in [3.63, 3.8) is 0 Å². The molecule has 0 spiro atoms. The van der Waals surface area contributed by atoms with E-state index in [1.807, 2.05) is 42.6 Å². The highest BCUT2D eigenvalue weighted by Gasteiger charge is 2.22. The monoisotopic (exact) mass is 439 g/mol. The third-order valence-electron chi connectivity index (χ3n) is 6.22. The molecule has 2 aromatic carbocycles. The number of piperidine rings is 1. The summed E-state index contributed by atoms with van der Waals surface area (Å²) < 4.78 is 5.33. The molecule has 0 atom stereocenters. The summed E-state index contributed by atoms with van der Waals surface area (Å²) in [6.07, 6.45) is 5.54. The first-order valence-electron chi connectivity index (χ1n) is 11.0. The van der Waals surface area contributed by atoms with Crippen LogP contribution in [0, 0.1) is 5.92 Å². The van der Waals surface area contributed by atoms with Crippen molar-refractivity contribution in [3.8, 4) is 5.75 Å². The first kappa shape index (κ1) is 21.7. The highest BCUT2D eigenvalue weighted by molar-refractivity contribution is 6.31. The van der Waals surface area contributed by atoms with E-state index in [9.17, 15) is 4.79 Å². The molecule has 1 aliphatic heterocycles. The van der Waals surface area contributed by atoms with Crippen molar-refractivity contribution in [3.05, 3.63) is 64.8 Å². The first-order chi connectivity index (χ1) is 15.1. The van der Waals surface area contributed by atoms with E-state index < -0.39 is 0 Å². The second-order valence-electron chi connectivity index (χ2n) is 8.34. The molecule has 0 unspecified atom stereocenters. The SMILES string of the molecule is COc1ccc2[nH]cc(CCNC(=O)CC3CCN(Cc4ccccc4Cl)CC3)c2c1. The summed E-state index contributed by atoms with van der Waals surface area (Å²) in [6, 6.07) is 14.0. The van der Waals surface area contributed by atoms with E-state index in [0.29, 0.717) is 18.9 Å². The van der Waals surface area contributed by atoms with Gasteiger partial charge in [0.05, 0.1) is 7.11 Å². The molecule has 2 heterocycles. The number of hydrogen-bond donors (Lipinski definition) is 2. The number of methoxy groups -OCH3 is 1. The van der Waals surface area contributed by atoms with Crippen LogP contribution < -0.4 is 10.1 Å². The molecule has 1 saturated heterocycles. The van der Waals surface area contributed by atoms with Gasteiger partial charge >= 0.3 is 0 Å². The van der Waals surface area contributed by atoms with Crippen LogP contribution in [0.5, 0.6) is 5.75 Å². The predicted octanol–water partition coefficient (Wildman–Crippen LogP) is 4.79. The van der Waals surface area contributed by atoms with E-state index in [2.05, 4.69) is 21.3 Å². The minimum Gasteiger partial charge on any atom is -0.497 e. The van der Waals surface area contributed by atoms with E-state index in [-0.39, 0.29) is 5.91 Å². The summed E-state index contributed by atoms with van der Waals surface area (Å²) in [5.74, 6) is 1.46. The molecule has 164 valence electrons. The largest absolute Gasteiger partial charge is 0.497 e. The van der Waals surface area contributed by atoms with Crippen LogP contribution in [0.1, 0.15) is 30.4 Å². The molecule has 4 rings (SSSR count). The summed E-state index contributed by atoms with van der Waals surface area (Å²) in [5, 5.41) is 5.09. The molecule has 0 saturated carbocycles. The van der Waals surface area contributed by atoms with Gasteiger partial charge in [0, 0.05) is 41.6 Å². The lowest BCUT2D eigenvalue weighted by molar-refractivity contribution is -0.122. The van der Waals surface area contributed by atoms with E-state index >= 15 is 0 Å². The van der Waals surface area contributed by atoms with Crippen LogP contribution in [0.15, 0.2) is 48.7 Å². The Kier molecular flexibility index (Phi) is 7.15. The van der Waals surface area contributed by atoms with E-state index in [0.717, 1.165) is 60.6 Å².